The van der Waals surface area contributed by atoms with Crippen molar-refractivity contribution >= 4 is 11.6 Å². The lowest BCUT2D eigenvalue weighted by Crippen LogP contribution is -2.34. The topological polar surface area (TPSA) is 21.3 Å². The molecule has 0 amide bonds. The van der Waals surface area contributed by atoms with E-state index in [0.717, 1.165) is 26.1 Å². The smallest absolute Gasteiger partial charge is 0.146 e. The molecule has 0 unspecified atom stereocenters. The first-order valence-electron chi connectivity index (χ1n) is 5.51. The molecule has 1 fully saturated rings. The van der Waals surface area contributed by atoms with E-state index >= 15 is 0 Å². The van der Waals surface area contributed by atoms with Gasteiger partial charge in [-0.15, -0.1) is 0 Å². The molecule has 0 spiro atoms. The Morgan fingerprint density at radius 2 is 2.12 bits per heavy atom. The van der Waals surface area contributed by atoms with E-state index in [-0.39, 0.29) is 10.8 Å². The van der Waals surface area contributed by atoms with Crippen molar-refractivity contribution in [3.05, 3.63) is 34.6 Å². The van der Waals surface area contributed by atoms with Crippen LogP contribution in [0.3, 0.4) is 0 Å². The quantitative estimate of drug-likeness (QED) is 0.882. The van der Waals surface area contributed by atoms with E-state index in [4.69, 9.17) is 16.3 Å². The van der Waals surface area contributed by atoms with Crippen LogP contribution in [-0.4, -0.2) is 19.3 Å². The molecule has 16 heavy (non-hydrogen) atoms. The Morgan fingerprint density at radius 1 is 1.38 bits per heavy atom. The van der Waals surface area contributed by atoms with Gasteiger partial charge in [0.15, 0.2) is 0 Å². The lowest BCUT2D eigenvalue weighted by Gasteiger charge is -2.23. The predicted molar refractivity (Wildman–Crippen MR) is 62.1 cm³/mol. The normalized spacial score (nSPS) is 17.6. The second-order valence-electron chi connectivity index (χ2n) is 3.98. The van der Waals surface area contributed by atoms with E-state index in [0.29, 0.717) is 18.2 Å². The molecular weight excluding hydrogens is 229 g/mol. The summed E-state index contributed by atoms with van der Waals surface area (Å²) in [5.74, 6) is -0.316. The lowest BCUT2D eigenvalue weighted by molar-refractivity contribution is 0.0775. The van der Waals surface area contributed by atoms with Gasteiger partial charge in [0.05, 0.1) is 5.02 Å². The maximum atomic E-state index is 13.6. The van der Waals surface area contributed by atoms with Crippen molar-refractivity contribution in [2.45, 2.75) is 25.4 Å². The molecule has 0 bridgehead atoms. The van der Waals surface area contributed by atoms with E-state index in [1.165, 1.54) is 0 Å². The molecule has 1 saturated heterocycles. The monoisotopic (exact) mass is 243 g/mol. The number of halogens is 2. The van der Waals surface area contributed by atoms with Crippen molar-refractivity contribution in [1.82, 2.24) is 5.32 Å². The first kappa shape index (κ1) is 11.8. The third-order valence-corrected chi connectivity index (χ3v) is 3.13. The summed E-state index contributed by atoms with van der Waals surface area (Å²) in [7, 11) is 0. The molecule has 1 heterocycles. The Labute approximate surface area is 99.7 Å². The summed E-state index contributed by atoms with van der Waals surface area (Å²) in [6.45, 7) is 2.10. The number of hydrogen-bond donors (Lipinski definition) is 1. The van der Waals surface area contributed by atoms with Crippen molar-refractivity contribution in [3.63, 3.8) is 0 Å². The zero-order chi connectivity index (χ0) is 11.4. The Kier molecular flexibility index (Phi) is 4.16. The van der Waals surface area contributed by atoms with Crippen LogP contribution < -0.4 is 5.32 Å². The summed E-state index contributed by atoms with van der Waals surface area (Å²) >= 11 is 5.71. The van der Waals surface area contributed by atoms with Crippen LogP contribution >= 0.6 is 11.6 Å². The molecular formula is C12H15ClFNO. The molecule has 0 aliphatic carbocycles. The number of hydrogen-bond acceptors (Lipinski definition) is 2. The summed E-state index contributed by atoms with van der Waals surface area (Å²) in [6, 6.07) is 5.52. The number of ether oxygens (including phenoxy) is 1. The maximum Gasteiger partial charge on any atom is 0.146 e. The van der Waals surface area contributed by atoms with Crippen molar-refractivity contribution in [1.29, 1.82) is 0 Å². The van der Waals surface area contributed by atoms with Gasteiger partial charge >= 0.3 is 0 Å². The SMILES string of the molecule is Fc1c(Cl)cccc1CNC1CCOCC1. The number of benzene rings is 1. The minimum Gasteiger partial charge on any atom is -0.381 e. The molecule has 2 rings (SSSR count). The fraction of sp³-hybridized carbons (Fsp3) is 0.500. The lowest BCUT2D eigenvalue weighted by atomic mass is 10.1. The fourth-order valence-electron chi connectivity index (χ4n) is 1.84. The second-order valence-corrected chi connectivity index (χ2v) is 4.39. The predicted octanol–water partition coefficient (Wildman–Crippen LogP) is 2.75. The van der Waals surface area contributed by atoms with E-state index < -0.39 is 0 Å². The number of nitrogens with one attached hydrogen (secondary N) is 1. The van der Waals surface area contributed by atoms with Gasteiger partial charge in [-0.05, 0) is 18.9 Å². The molecule has 4 heteroatoms. The van der Waals surface area contributed by atoms with E-state index in [1.54, 1.807) is 18.2 Å². The molecule has 88 valence electrons. The summed E-state index contributed by atoms with van der Waals surface area (Å²) in [4.78, 5) is 0. The number of rotatable bonds is 3. The summed E-state index contributed by atoms with van der Waals surface area (Å²) in [5, 5.41) is 3.51. The van der Waals surface area contributed by atoms with Gasteiger partial charge in [-0.1, -0.05) is 23.7 Å². The molecule has 0 radical (unpaired) electrons. The maximum absolute atomic E-state index is 13.6. The van der Waals surface area contributed by atoms with Crippen LogP contribution in [-0.2, 0) is 11.3 Å². The highest BCUT2D eigenvalue weighted by Crippen LogP contribution is 2.18. The highest BCUT2D eigenvalue weighted by molar-refractivity contribution is 6.30. The zero-order valence-electron chi connectivity index (χ0n) is 9.01. The van der Waals surface area contributed by atoms with Crippen molar-refractivity contribution < 1.29 is 9.13 Å². The van der Waals surface area contributed by atoms with Crippen LogP contribution in [0.1, 0.15) is 18.4 Å². The van der Waals surface area contributed by atoms with Crippen LogP contribution in [0.5, 0.6) is 0 Å². The van der Waals surface area contributed by atoms with Gasteiger partial charge in [-0.25, -0.2) is 4.39 Å². The Balaban J connectivity index is 1.91. The van der Waals surface area contributed by atoms with E-state index in [2.05, 4.69) is 5.32 Å². The second kappa shape index (κ2) is 5.62. The average Bonchev–Trinajstić information content (AvgIpc) is 2.32. The summed E-state index contributed by atoms with van der Waals surface area (Å²) in [5.41, 5.74) is 0.624. The first-order valence-corrected chi connectivity index (χ1v) is 5.89. The Morgan fingerprint density at radius 3 is 2.88 bits per heavy atom. The highest BCUT2D eigenvalue weighted by Gasteiger charge is 2.14. The molecule has 0 aromatic heterocycles. The molecule has 0 saturated carbocycles. The fourth-order valence-corrected chi connectivity index (χ4v) is 2.04. The molecule has 1 aromatic rings. The van der Waals surface area contributed by atoms with Gasteiger partial charge in [0, 0.05) is 31.4 Å². The molecule has 0 atom stereocenters. The molecule has 1 N–H and O–H groups in total. The summed E-state index contributed by atoms with van der Waals surface area (Å²) in [6.07, 6.45) is 1.98. The van der Waals surface area contributed by atoms with Gasteiger partial charge < -0.3 is 10.1 Å². The Bertz CT molecular complexity index is 353. The minimum atomic E-state index is -0.316. The zero-order valence-corrected chi connectivity index (χ0v) is 9.77. The molecule has 1 aromatic carbocycles. The van der Waals surface area contributed by atoms with Crippen LogP contribution in [0.2, 0.25) is 5.02 Å². The van der Waals surface area contributed by atoms with Crippen LogP contribution in [0.15, 0.2) is 18.2 Å². The van der Waals surface area contributed by atoms with Crippen LogP contribution in [0.4, 0.5) is 4.39 Å². The van der Waals surface area contributed by atoms with Gasteiger partial charge in [-0.3, -0.25) is 0 Å². The van der Waals surface area contributed by atoms with E-state index in [9.17, 15) is 4.39 Å². The standard InChI is InChI=1S/C12H15ClFNO/c13-11-3-1-2-9(12(11)14)8-15-10-4-6-16-7-5-10/h1-3,10,15H,4-8H2. The molecule has 1 aliphatic heterocycles. The van der Waals surface area contributed by atoms with Gasteiger partial charge in [0.2, 0.25) is 0 Å². The Hall–Kier alpha value is -0.640. The van der Waals surface area contributed by atoms with E-state index in [1.807, 2.05) is 0 Å². The van der Waals surface area contributed by atoms with Gasteiger partial charge in [-0.2, -0.15) is 0 Å². The third-order valence-electron chi connectivity index (χ3n) is 2.83. The minimum absolute atomic E-state index is 0.186. The van der Waals surface area contributed by atoms with Crippen molar-refractivity contribution in [2.75, 3.05) is 13.2 Å². The molecule has 1 aliphatic rings. The van der Waals surface area contributed by atoms with Crippen LogP contribution in [0.25, 0.3) is 0 Å². The largest absolute Gasteiger partial charge is 0.381 e. The van der Waals surface area contributed by atoms with Crippen molar-refractivity contribution in [2.24, 2.45) is 0 Å². The van der Waals surface area contributed by atoms with Gasteiger partial charge in [0.1, 0.15) is 5.82 Å². The van der Waals surface area contributed by atoms with Crippen LogP contribution in [0, 0.1) is 5.82 Å². The third kappa shape index (κ3) is 2.94. The van der Waals surface area contributed by atoms with Gasteiger partial charge in [0.25, 0.3) is 0 Å². The van der Waals surface area contributed by atoms with Crippen molar-refractivity contribution in [3.8, 4) is 0 Å². The first-order chi connectivity index (χ1) is 7.77. The average molecular weight is 244 g/mol. The molecule has 2 nitrogen and oxygen atoms in total. The highest BCUT2D eigenvalue weighted by atomic mass is 35.5. The summed E-state index contributed by atoms with van der Waals surface area (Å²) < 4.78 is 18.8.